The van der Waals surface area contributed by atoms with Crippen LogP contribution in [0.15, 0.2) is 6.20 Å². The van der Waals surface area contributed by atoms with E-state index in [2.05, 4.69) is 25.5 Å². The van der Waals surface area contributed by atoms with Crippen molar-refractivity contribution in [2.24, 2.45) is 0 Å². The van der Waals surface area contributed by atoms with Crippen LogP contribution < -0.4 is 5.32 Å². The van der Waals surface area contributed by atoms with Gasteiger partial charge in [-0.25, -0.2) is 0 Å². The summed E-state index contributed by atoms with van der Waals surface area (Å²) >= 11 is 5.82. The predicted molar refractivity (Wildman–Crippen MR) is 66.3 cm³/mol. The number of rotatable bonds is 5. The van der Waals surface area contributed by atoms with Crippen LogP contribution in [-0.4, -0.2) is 39.4 Å². The number of fused-ring (bicyclic) bond motifs is 1. The molecule has 0 spiro atoms. The summed E-state index contributed by atoms with van der Waals surface area (Å²) in [6.45, 7) is 5.30. The van der Waals surface area contributed by atoms with E-state index in [-0.39, 0.29) is 11.4 Å². The zero-order chi connectivity index (χ0) is 12.3. The molecule has 6 nitrogen and oxygen atoms in total. The highest BCUT2D eigenvalue weighted by Gasteiger charge is 2.09. The molecule has 0 fully saturated rings. The van der Waals surface area contributed by atoms with Gasteiger partial charge in [-0.3, -0.25) is 5.10 Å². The molecule has 92 valence electrons. The molecule has 2 aromatic heterocycles. The fourth-order valence-corrected chi connectivity index (χ4v) is 1.70. The molecule has 2 aromatic rings. The van der Waals surface area contributed by atoms with Gasteiger partial charge in [-0.15, -0.1) is 0 Å². The summed E-state index contributed by atoms with van der Waals surface area (Å²) in [6.07, 6.45) is 1.77. The fourth-order valence-electron chi connectivity index (χ4n) is 1.53. The molecular weight excluding hydrogens is 242 g/mol. The Kier molecular flexibility index (Phi) is 3.75. The number of H-pyrrole nitrogens is 1. The Morgan fingerprint density at radius 2 is 2.35 bits per heavy atom. The Morgan fingerprint density at radius 1 is 1.53 bits per heavy atom. The maximum Gasteiger partial charge on any atom is 0.226 e. The van der Waals surface area contributed by atoms with E-state index in [9.17, 15) is 0 Å². The van der Waals surface area contributed by atoms with E-state index in [0.717, 1.165) is 5.39 Å². The number of nitrogens with one attached hydrogen (secondary N) is 2. The molecule has 0 aliphatic carbocycles. The number of hydrogen-bond acceptors (Lipinski definition) is 5. The second-order valence-electron chi connectivity index (χ2n) is 3.62. The van der Waals surface area contributed by atoms with Crippen LogP contribution in [0, 0.1) is 0 Å². The van der Waals surface area contributed by atoms with Gasteiger partial charge in [-0.1, -0.05) is 0 Å². The normalized spacial score (nSPS) is 12.9. The van der Waals surface area contributed by atoms with E-state index >= 15 is 0 Å². The van der Waals surface area contributed by atoms with Gasteiger partial charge < -0.3 is 10.1 Å². The molecule has 0 aliphatic heterocycles. The summed E-state index contributed by atoms with van der Waals surface area (Å²) in [5, 5.41) is 10.9. The summed E-state index contributed by atoms with van der Waals surface area (Å²) in [6, 6.07) is 0. The molecular formula is C10H14ClN5O. The van der Waals surface area contributed by atoms with Crippen LogP contribution in [0.1, 0.15) is 13.8 Å². The van der Waals surface area contributed by atoms with Crippen molar-refractivity contribution in [1.82, 2.24) is 20.2 Å². The highest BCUT2D eigenvalue weighted by atomic mass is 35.5. The summed E-state index contributed by atoms with van der Waals surface area (Å²) in [7, 11) is 0. The van der Waals surface area contributed by atoms with E-state index in [1.807, 2.05) is 13.8 Å². The molecule has 2 N–H and O–H groups in total. The van der Waals surface area contributed by atoms with Crippen molar-refractivity contribution in [3.63, 3.8) is 0 Å². The summed E-state index contributed by atoms with van der Waals surface area (Å²) in [5.74, 6) is 0.667. The van der Waals surface area contributed by atoms with Crippen molar-refractivity contribution < 1.29 is 4.74 Å². The van der Waals surface area contributed by atoms with Gasteiger partial charge in [0.15, 0.2) is 5.65 Å². The highest BCUT2D eigenvalue weighted by Crippen LogP contribution is 2.19. The van der Waals surface area contributed by atoms with Crippen LogP contribution in [0.5, 0.6) is 0 Å². The lowest BCUT2D eigenvalue weighted by atomic mass is 10.3. The number of aromatic amines is 1. The average Bonchev–Trinajstić information content (AvgIpc) is 2.74. The molecule has 7 heteroatoms. The second kappa shape index (κ2) is 5.29. The van der Waals surface area contributed by atoms with Crippen molar-refractivity contribution in [2.75, 3.05) is 18.5 Å². The maximum atomic E-state index is 5.82. The monoisotopic (exact) mass is 255 g/mol. The van der Waals surface area contributed by atoms with Crippen molar-refractivity contribution >= 4 is 28.5 Å². The largest absolute Gasteiger partial charge is 0.377 e. The first-order chi connectivity index (χ1) is 8.20. The third kappa shape index (κ3) is 2.83. The number of aromatic nitrogens is 4. The minimum Gasteiger partial charge on any atom is -0.377 e. The van der Waals surface area contributed by atoms with Crippen LogP contribution in [0.4, 0.5) is 5.82 Å². The Labute approximate surface area is 104 Å². The molecule has 0 radical (unpaired) electrons. The van der Waals surface area contributed by atoms with Crippen LogP contribution >= 0.6 is 11.6 Å². The lowest BCUT2D eigenvalue weighted by Crippen LogP contribution is -2.20. The lowest BCUT2D eigenvalue weighted by molar-refractivity contribution is 0.0855. The molecule has 0 saturated carbocycles. The Bertz CT molecular complexity index is 500. The molecule has 2 heterocycles. The molecule has 0 aliphatic rings. The van der Waals surface area contributed by atoms with Crippen LogP contribution in [0.3, 0.4) is 0 Å². The number of halogens is 1. The first-order valence-electron chi connectivity index (χ1n) is 5.42. The molecule has 17 heavy (non-hydrogen) atoms. The van der Waals surface area contributed by atoms with Crippen LogP contribution in [-0.2, 0) is 4.74 Å². The van der Waals surface area contributed by atoms with E-state index in [1.165, 1.54) is 0 Å². The lowest BCUT2D eigenvalue weighted by Gasteiger charge is -2.13. The Morgan fingerprint density at radius 3 is 3.12 bits per heavy atom. The minimum atomic E-state index is 0.107. The summed E-state index contributed by atoms with van der Waals surface area (Å²) in [5.41, 5.74) is 0.622. The van der Waals surface area contributed by atoms with Gasteiger partial charge in [0, 0.05) is 13.2 Å². The van der Waals surface area contributed by atoms with Gasteiger partial charge in [0.2, 0.25) is 5.28 Å². The van der Waals surface area contributed by atoms with Crippen molar-refractivity contribution in [3.8, 4) is 0 Å². The first kappa shape index (κ1) is 12.1. The molecule has 0 amide bonds. The van der Waals surface area contributed by atoms with Gasteiger partial charge in [-0.2, -0.15) is 15.1 Å². The van der Waals surface area contributed by atoms with Crippen molar-refractivity contribution in [1.29, 1.82) is 0 Å². The minimum absolute atomic E-state index is 0.107. The maximum absolute atomic E-state index is 5.82. The first-order valence-corrected chi connectivity index (χ1v) is 5.80. The molecule has 1 unspecified atom stereocenters. The van der Waals surface area contributed by atoms with Crippen LogP contribution in [0.25, 0.3) is 11.0 Å². The zero-order valence-corrected chi connectivity index (χ0v) is 10.5. The number of ether oxygens (including phenoxy) is 1. The van der Waals surface area contributed by atoms with Crippen LogP contribution in [0.2, 0.25) is 5.28 Å². The third-order valence-corrected chi connectivity index (χ3v) is 2.46. The predicted octanol–water partition coefficient (Wildman–Crippen LogP) is 1.84. The molecule has 0 saturated heterocycles. The third-order valence-electron chi connectivity index (χ3n) is 2.29. The number of anilines is 1. The van der Waals surface area contributed by atoms with Gasteiger partial charge in [-0.05, 0) is 25.4 Å². The molecule has 1 atom stereocenters. The van der Waals surface area contributed by atoms with Gasteiger partial charge >= 0.3 is 0 Å². The molecule has 0 bridgehead atoms. The van der Waals surface area contributed by atoms with Gasteiger partial charge in [0.1, 0.15) is 5.82 Å². The standard InChI is InChI=1S/C10H14ClN5O/c1-3-17-6(2)4-12-8-7-5-13-16-9(7)15-10(11)14-8/h5-6H,3-4H2,1-2H3,(H2,12,13,14,15,16). The van der Waals surface area contributed by atoms with Crippen molar-refractivity contribution in [3.05, 3.63) is 11.5 Å². The highest BCUT2D eigenvalue weighted by molar-refractivity contribution is 6.28. The fraction of sp³-hybridized carbons (Fsp3) is 0.500. The second-order valence-corrected chi connectivity index (χ2v) is 3.96. The van der Waals surface area contributed by atoms with E-state index in [1.54, 1.807) is 6.20 Å². The SMILES string of the molecule is CCOC(C)CNc1nc(Cl)nc2[nH]ncc12. The van der Waals surface area contributed by atoms with Gasteiger partial charge in [0.25, 0.3) is 0 Å². The van der Waals surface area contributed by atoms with E-state index < -0.39 is 0 Å². The Hall–Kier alpha value is -1.40. The van der Waals surface area contributed by atoms with Gasteiger partial charge in [0.05, 0.1) is 17.7 Å². The smallest absolute Gasteiger partial charge is 0.226 e. The van der Waals surface area contributed by atoms with Crippen molar-refractivity contribution in [2.45, 2.75) is 20.0 Å². The quantitative estimate of drug-likeness (QED) is 0.798. The molecule has 0 aromatic carbocycles. The number of hydrogen-bond donors (Lipinski definition) is 2. The van der Waals surface area contributed by atoms with E-state index in [4.69, 9.17) is 16.3 Å². The summed E-state index contributed by atoms with van der Waals surface area (Å²) < 4.78 is 5.43. The summed E-state index contributed by atoms with van der Waals surface area (Å²) in [4.78, 5) is 8.16. The Balaban J connectivity index is 2.14. The zero-order valence-electron chi connectivity index (χ0n) is 9.70. The topological polar surface area (TPSA) is 75.7 Å². The number of nitrogens with zero attached hydrogens (tertiary/aromatic N) is 3. The molecule has 2 rings (SSSR count). The van der Waals surface area contributed by atoms with E-state index in [0.29, 0.717) is 24.6 Å². The average molecular weight is 256 g/mol.